The van der Waals surface area contributed by atoms with E-state index in [-0.39, 0.29) is 0 Å². The molecule has 2 aliphatic carbocycles. The second kappa shape index (κ2) is 5.41. The van der Waals surface area contributed by atoms with E-state index >= 15 is 0 Å². The molecule has 1 aromatic heterocycles. The molecule has 2 fully saturated rings. The van der Waals surface area contributed by atoms with Crippen molar-refractivity contribution in [3.8, 4) is 0 Å². The third-order valence-corrected chi connectivity index (χ3v) is 4.14. The van der Waals surface area contributed by atoms with E-state index in [1.165, 1.54) is 18.5 Å². The lowest BCUT2D eigenvalue weighted by Gasteiger charge is -2.26. The van der Waals surface area contributed by atoms with Gasteiger partial charge in [0.05, 0.1) is 19.0 Å². The third kappa shape index (κ3) is 2.93. The summed E-state index contributed by atoms with van der Waals surface area (Å²) in [5.41, 5.74) is 7.29. The summed E-state index contributed by atoms with van der Waals surface area (Å²) in [6.45, 7) is 1.74. The molecule has 0 spiro atoms. The first-order chi connectivity index (χ1) is 8.83. The summed E-state index contributed by atoms with van der Waals surface area (Å²) in [5.74, 6) is 0.764. The monoisotopic (exact) mass is 249 g/mol. The SMILES string of the molecule is NC1CCC(OCCn2cncc2C2CC2)CC1. The Hall–Kier alpha value is -0.870. The molecule has 1 aromatic rings. The predicted molar refractivity (Wildman–Crippen MR) is 70.4 cm³/mol. The molecule has 0 bridgehead atoms. The second-order valence-corrected chi connectivity index (χ2v) is 5.69. The summed E-state index contributed by atoms with van der Waals surface area (Å²) in [4.78, 5) is 4.25. The minimum Gasteiger partial charge on any atom is -0.376 e. The zero-order valence-electron chi connectivity index (χ0n) is 10.9. The summed E-state index contributed by atoms with van der Waals surface area (Å²) in [5, 5.41) is 0. The fourth-order valence-corrected chi connectivity index (χ4v) is 2.81. The second-order valence-electron chi connectivity index (χ2n) is 5.69. The molecule has 2 saturated carbocycles. The van der Waals surface area contributed by atoms with Crippen molar-refractivity contribution in [2.75, 3.05) is 6.61 Å². The number of hydrogen-bond donors (Lipinski definition) is 1. The molecule has 0 radical (unpaired) electrons. The van der Waals surface area contributed by atoms with Crippen LogP contribution in [0.4, 0.5) is 0 Å². The number of rotatable bonds is 5. The highest BCUT2D eigenvalue weighted by Crippen LogP contribution is 2.39. The Balaban J connectivity index is 1.42. The van der Waals surface area contributed by atoms with Gasteiger partial charge in [0.2, 0.25) is 0 Å². The molecule has 1 heterocycles. The van der Waals surface area contributed by atoms with Gasteiger partial charge in [-0.2, -0.15) is 0 Å². The van der Waals surface area contributed by atoms with E-state index < -0.39 is 0 Å². The van der Waals surface area contributed by atoms with E-state index in [9.17, 15) is 0 Å². The zero-order valence-corrected chi connectivity index (χ0v) is 10.9. The van der Waals surface area contributed by atoms with Crippen LogP contribution in [0.1, 0.15) is 50.1 Å². The Bertz CT molecular complexity index is 378. The molecule has 0 saturated heterocycles. The molecular weight excluding hydrogens is 226 g/mol. The zero-order chi connectivity index (χ0) is 12.4. The Labute approximate surface area is 109 Å². The van der Waals surface area contributed by atoms with Crippen LogP contribution < -0.4 is 5.73 Å². The number of aromatic nitrogens is 2. The maximum atomic E-state index is 5.96. The number of ether oxygens (including phenoxy) is 1. The van der Waals surface area contributed by atoms with Crippen LogP contribution in [-0.4, -0.2) is 28.3 Å². The van der Waals surface area contributed by atoms with Gasteiger partial charge in [0, 0.05) is 30.4 Å². The van der Waals surface area contributed by atoms with E-state index in [0.29, 0.717) is 12.1 Å². The van der Waals surface area contributed by atoms with Gasteiger partial charge in [0.15, 0.2) is 0 Å². The Morgan fingerprint density at radius 1 is 1.22 bits per heavy atom. The van der Waals surface area contributed by atoms with Crippen LogP contribution in [-0.2, 0) is 11.3 Å². The van der Waals surface area contributed by atoms with Crippen molar-refractivity contribution >= 4 is 0 Å². The van der Waals surface area contributed by atoms with E-state index in [2.05, 4.69) is 9.55 Å². The topological polar surface area (TPSA) is 53.1 Å². The average molecular weight is 249 g/mol. The molecule has 3 rings (SSSR count). The van der Waals surface area contributed by atoms with Crippen LogP contribution in [0.5, 0.6) is 0 Å². The Morgan fingerprint density at radius 2 is 2.00 bits per heavy atom. The van der Waals surface area contributed by atoms with Crippen molar-refractivity contribution in [1.29, 1.82) is 0 Å². The van der Waals surface area contributed by atoms with Gasteiger partial charge in [-0.05, 0) is 38.5 Å². The minimum absolute atomic E-state index is 0.403. The minimum atomic E-state index is 0.403. The van der Waals surface area contributed by atoms with Gasteiger partial charge in [-0.3, -0.25) is 0 Å². The molecular formula is C14H23N3O. The molecule has 0 amide bonds. The number of imidazole rings is 1. The Kier molecular flexibility index (Phi) is 3.66. The molecule has 18 heavy (non-hydrogen) atoms. The molecule has 0 atom stereocenters. The lowest BCUT2D eigenvalue weighted by atomic mass is 9.94. The highest BCUT2D eigenvalue weighted by Gasteiger charge is 2.26. The highest BCUT2D eigenvalue weighted by atomic mass is 16.5. The summed E-state index contributed by atoms with van der Waals surface area (Å²) < 4.78 is 8.21. The van der Waals surface area contributed by atoms with Gasteiger partial charge >= 0.3 is 0 Å². The van der Waals surface area contributed by atoms with E-state index in [0.717, 1.165) is 44.8 Å². The van der Waals surface area contributed by atoms with Crippen molar-refractivity contribution in [2.24, 2.45) is 5.73 Å². The number of nitrogens with zero attached hydrogens (tertiary/aromatic N) is 2. The Morgan fingerprint density at radius 3 is 2.72 bits per heavy atom. The van der Waals surface area contributed by atoms with Gasteiger partial charge in [-0.25, -0.2) is 4.98 Å². The molecule has 2 N–H and O–H groups in total. The molecule has 4 heteroatoms. The van der Waals surface area contributed by atoms with Crippen molar-refractivity contribution in [2.45, 2.75) is 63.1 Å². The van der Waals surface area contributed by atoms with E-state index in [1.807, 2.05) is 12.5 Å². The van der Waals surface area contributed by atoms with E-state index in [4.69, 9.17) is 10.5 Å². The standard InChI is InChI=1S/C14H23N3O/c15-12-3-5-13(6-4-12)18-8-7-17-10-16-9-14(17)11-1-2-11/h9-13H,1-8,15H2. The maximum Gasteiger partial charge on any atom is 0.0949 e. The quantitative estimate of drug-likeness (QED) is 0.869. The molecule has 0 aromatic carbocycles. The first-order valence-corrected chi connectivity index (χ1v) is 7.20. The van der Waals surface area contributed by atoms with Crippen molar-refractivity contribution in [3.05, 3.63) is 18.2 Å². The maximum absolute atomic E-state index is 5.96. The smallest absolute Gasteiger partial charge is 0.0949 e. The van der Waals surface area contributed by atoms with Crippen LogP contribution in [0.2, 0.25) is 0 Å². The van der Waals surface area contributed by atoms with E-state index in [1.54, 1.807) is 0 Å². The fraction of sp³-hybridized carbons (Fsp3) is 0.786. The number of hydrogen-bond acceptors (Lipinski definition) is 3. The summed E-state index contributed by atoms with van der Waals surface area (Å²) in [7, 11) is 0. The fourth-order valence-electron chi connectivity index (χ4n) is 2.81. The van der Waals surface area contributed by atoms with Gasteiger partial charge in [-0.1, -0.05) is 0 Å². The third-order valence-electron chi connectivity index (χ3n) is 4.14. The van der Waals surface area contributed by atoms with Crippen LogP contribution in [0.15, 0.2) is 12.5 Å². The largest absolute Gasteiger partial charge is 0.376 e. The van der Waals surface area contributed by atoms with Gasteiger partial charge in [-0.15, -0.1) is 0 Å². The lowest BCUT2D eigenvalue weighted by molar-refractivity contribution is 0.0207. The van der Waals surface area contributed by atoms with Crippen LogP contribution >= 0.6 is 0 Å². The van der Waals surface area contributed by atoms with Gasteiger partial charge in [0.25, 0.3) is 0 Å². The van der Waals surface area contributed by atoms with Crippen molar-refractivity contribution in [3.63, 3.8) is 0 Å². The molecule has 2 aliphatic rings. The first-order valence-electron chi connectivity index (χ1n) is 7.20. The van der Waals surface area contributed by atoms with Crippen LogP contribution in [0, 0.1) is 0 Å². The molecule has 4 nitrogen and oxygen atoms in total. The number of nitrogens with two attached hydrogens (primary N) is 1. The highest BCUT2D eigenvalue weighted by molar-refractivity contribution is 5.12. The van der Waals surface area contributed by atoms with Gasteiger partial charge < -0.3 is 15.0 Å². The summed E-state index contributed by atoms with van der Waals surface area (Å²) in [6.07, 6.45) is 11.5. The van der Waals surface area contributed by atoms with Gasteiger partial charge in [0.1, 0.15) is 0 Å². The van der Waals surface area contributed by atoms with Crippen LogP contribution in [0.3, 0.4) is 0 Å². The van der Waals surface area contributed by atoms with Crippen molar-refractivity contribution < 1.29 is 4.74 Å². The summed E-state index contributed by atoms with van der Waals surface area (Å²) >= 11 is 0. The predicted octanol–water partition coefficient (Wildman–Crippen LogP) is 2.05. The first kappa shape index (κ1) is 12.2. The summed E-state index contributed by atoms with van der Waals surface area (Å²) in [6, 6.07) is 0.403. The molecule has 0 aliphatic heterocycles. The average Bonchev–Trinajstić information content (AvgIpc) is 3.12. The molecule has 0 unspecified atom stereocenters. The molecule has 100 valence electrons. The lowest BCUT2D eigenvalue weighted by Crippen LogP contribution is -2.30. The normalized spacial score (nSPS) is 28.5. The van der Waals surface area contributed by atoms with Crippen molar-refractivity contribution in [1.82, 2.24) is 9.55 Å². The van der Waals surface area contributed by atoms with Crippen LogP contribution in [0.25, 0.3) is 0 Å².